The van der Waals surface area contributed by atoms with Crippen molar-refractivity contribution in [1.82, 2.24) is 19.7 Å². The van der Waals surface area contributed by atoms with Gasteiger partial charge < -0.3 is 4.74 Å². The van der Waals surface area contributed by atoms with E-state index in [4.69, 9.17) is 4.74 Å². The zero-order valence-corrected chi connectivity index (χ0v) is 13.5. The van der Waals surface area contributed by atoms with E-state index < -0.39 is 0 Å². The van der Waals surface area contributed by atoms with E-state index in [1.165, 1.54) is 23.5 Å². The van der Waals surface area contributed by atoms with E-state index in [0.717, 1.165) is 45.3 Å². The van der Waals surface area contributed by atoms with E-state index in [1.807, 2.05) is 17.8 Å². The van der Waals surface area contributed by atoms with Crippen LogP contribution < -0.4 is 0 Å². The molecule has 0 bridgehead atoms. The van der Waals surface area contributed by atoms with Crippen LogP contribution in [0.4, 0.5) is 0 Å². The fraction of sp³-hybridized carbons (Fsp3) is 0.625. The summed E-state index contributed by atoms with van der Waals surface area (Å²) in [5, 5.41) is 7.71. The molecule has 1 aliphatic heterocycles. The Morgan fingerprint density at radius 1 is 1.18 bits per heavy atom. The summed E-state index contributed by atoms with van der Waals surface area (Å²) in [6.45, 7) is 5.65. The first kappa shape index (κ1) is 14.4. The minimum absolute atomic E-state index is 0.500. The Hall–Kier alpha value is -1.24. The monoisotopic (exact) mass is 318 g/mol. The van der Waals surface area contributed by atoms with Crippen LogP contribution in [-0.4, -0.2) is 39.4 Å². The molecule has 2 aromatic rings. The summed E-state index contributed by atoms with van der Waals surface area (Å²) < 4.78 is 8.09. The molecule has 1 fully saturated rings. The molecular weight excluding hydrogens is 296 g/mol. The molecule has 1 saturated carbocycles. The maximum Gasteiger partial charge on any atom is 0.107 e. The van der Waals surface area contributed by atoms with Gasteiger partial charge >= 0.3 is 0 Å². The van der Waals surface area contributed by atoms with Crippen molar-refractivity contribution in [3.05, 3.63) is 34.5 Å². The average molecular weight is 318 g/mol. The zero-order chi connectivity index (χ0) is 14.8. The second kappa shape index (κ2) is 6.48. The smallest absolute Gasteiger partial charge is 0.107 e. The van der Waals surface area contributed by atoms with E-state index in [1.54, 1.807) is 11.3 Å². The van der Waals surface area contributed by atoms with Crippen molar-refractivity contribution in [2.75, 3.05) is 19.8 Å². The summed E-state index contributed by atoms with van der Waals surface area (Å²) in [5.74, 6) is 1.33. The van der Waals surface area contributed by atoms with Crippen molar-refractivity contribution in [1.29, 1.82) is 0 Å². The molecule has 3 heterocycles. The summed E-state index contributed by atoms with van der Waals surface area (Å²) in [6.07, 6.45) is 6.50. The van der Waals surface area contributed by atoms with Crippen LogP contribution >= 0.6 is 11.3 Å². The fourth-order valence-corrected chi connectivity index (χ4v) is 3.71. The number of ether oxygens (including phenoxy) is 1. The number of hydrogen-bond acceptors (Lipinski definition) is 5. The van der Waals surface area contributed by atoms with Gasteiger partial charge in [-0.3, -0.25) is 9.58 Å². The van der Waals surface area contributed by atoms with Crippen LogP contribution in [0.5, 0.6) is 0 Å². The van der Waals surface area contributed by atoms with Crippen molar-refractivity contribution in [3.63, 3.8) is 0 Å². The zero-order valence-electron chi connectivity index (χ0n) is 12.7. The molecule has 0 amide bonds. The van der Waals surface area contributed by atoms with Crippen LogP contribution in [0.25, 0.3) is 0 Å². The Kier molecular flexibility index (Phi) is 4.23. The topological polar surface area (TPSA) is 43.2 Å². The first-order valence-corrected chi connectivity index (χ1v) is 8.94. The van der Waals surface area contributed by atoms with Crippen LogP contribution in [-0.2, 0) is 24.4 Å². The van der Waals surface area contributed by atoms with Gasteiger partial charge in [0.25, 0.3) is 0 Å². The van der Waals surface area contributed by atoms with Crippen LogP contribution in [0.1, 0.15) is 23.5 Å². The quantitative estimate of drug-likeness (QED) is 0.820. The van der Waals surface area contributed by atoms with Crippen molar-refractivity contribution in [3.8, 4) is 0 Å². The third-order valence-corrected chi connectivity index (χ3v) is 5.15. The van der Waals surface area contributed by atoms with E-state index in [-0.39, 0.29) is 0 Å². The molecule has 6 heteroatoms. The molecule has 2 aliphatic rings. The Labute approximate surface area is 134 Å². The minimum atomic E-state index is 0.500. The Balaban J connectivity index is 1.42. The molecule has 0 saturated heterocycles. The van der Waals surface area contributed by atoms with Gasteiger partial charge in [-0.25, -0.2) is 4.98 Å². The van der Waals surface area contributed by atoms with Gasteiger partial charge in [0.05, 0.1) is 18.8 Å². The molecule has 0 radical (unpaired) electrons. The highest BCUT2D eigenvalue weighted by Crippen LogP contribution is 2.29. The lowest BCUT2D eigenvalue weighted by atomic mass is 10.1. The van der Waals surface area contributed by atoms with Crippen LogP contribution in [0.3, 0.4) is 0 Å². The third-order valence-electron chi connectivity index (χ3n) is 4.38. The molecule has 4 rings (SSSR count). The van der Waals surface area contributed by atoms with Gasteiger partial charge in [0.1, 0.15) is 5.01 Å². The van der Waals surface area contributed by atoms with Gasteiger partial charge in [0.15, 0.2) is 0 Å². The Morgan fingerprint density at radius 3 is 2.91 bits per heavy atom. The maximum atomic E-state index is 5.95. The normalized spacial score (nSPS) is 22.5. The third kappa shape index (κ3) is 3.56. The van der Waals surface area contributed by atoms with Crippen molar-refractivity contribution in [2.45, 2.75) is 32.5 Å². The summed E-state index contributed by atoms with van der Waals surface area (Å²) in [5.41, 5.74) is 1.29. The summed E-state index contributed by atoms with van der Waals surface area (Å²) in [4.78, 5) is 6.90. The molecule has 118 valence electrons. The number of nitrogens with zero attached hydrogens (tertiary/aromatic N) is 4. The van der Waals surface area contributed by atoms with Crippen LogP contribution in [0, 0.1) is 11.8 Å². The van der Waals surface area contributed by atoms with E-state index in [9.17, 15) is 0 Å². The van der Waals surface area contributed by atoms with Gasteiger partial charge in [-0.15, -0.1) is 11.3 Å². The molecule has 1 atom stereocenters. The van der Waals surface area contributed by atoms with Gasteiger partial charge in [-0.05, 0) is 24.8 Å². The lowest BCUT2D eigenvalue weighted by Gasteiger charge is -2.22. The van der Waals surface area contributed by atoms with Gasteiger partial charge in [0, 0.05) is 49.9 Å². The van der Waals surface area contributed by atoms with E-state index >= 15 is 0 Å². The van der Waals surface area contributed by atoms with E-state index in [0.29, 0.717) is 5.92 Å². The standard InChI is InChI=1S/C16H22N4OS/c1-2-13(1)11-21-12-14-7-19(10-16-17-5-6-22-16)9-15-3-4-18-20(15)8-14/h3-6,13-14H,1-2,7-12H2/t14-/m0/s1. The summed E-state index contributed by atoms with van der Waals surface area (Å²) in [6, 6.07) is 2.13. The largest absolute Gasteiger partial charge is 0.381 e. The second-order valence-corrected chi connectivity index (χ2v) is 7.43. The predicted octanol–water partition coefficient (Wildman–Crippen LogP) is 2.40. The molecule has 1 aliphatic carbocycles. The molecule has 0 aromatic carbocycles. The Bertz CT molecular complexity index is 593. The molecule has 5 nitrogen and oxygen atoms in total. The molecular formula is C16H22N4OS. The molecule has 22 heavy (non-hydrogen) atoms. The second-order valence-electron chi connectivity index (χ2n) is 6.45. The predicted molar refractivity (Wildman–Crippen MR) is 85.5 cm³/mol. The van der Waals surface area contributed by atoms with Gasteiger partial charge in [0.2, 0.25) is 0 Å². The number of rotatable bonds is 6. The summed E-state index contributed by atoms with van der Waals surface area (Å²) >= 11 is 1.73. The van der Waals surface area contributed by atoms with Gasteiger partial charge in [-0.2, -0.15) is 5.10 Å². The molecule has 2 aromatic heterocycles. The highest BCUT2D eigenvalue weighted by Gasteiger charge is 2.25. The number of hydrogen-bond donors (Lipinski definition) is 0. The fourth-order valence-electron chi connectivity index (χ4n) is 3.05. The molecule has 0 N–H and O–H groups in total. The van der Waals surface area contributed by atoms with E-state index in [2.05, 4.69) is 25.7 Å². The maximum absolute atomic E-state index is 5.95. The highest BCUT2D eigenvalue weighted by atomic mass is 32.1. The number of aromatic nitrogens is 3. The molecule has 0 spiro atoms. The Morgan fingerprint density at radius 2 is 2.09 bits per heavy atom. The van der Waals surface area contributed by atoms with Crippen LogP contribution in [0.15, 0.2) is 23.8 Å². The molecule has 0 unspecified atom stereocenters. The lowest BCUT2D eigenvalue weighted by Crippen LogP contribution is -2.30. The van der Waals surface area contributed by atoms with Crippen LogP contribution in [0.2, 0.25) is 0 Å². The SMILES string of the molecule is c1csc(CN2Cc3ccnn3C[C@@H](COCC3CC3)C2)n1. The lowest BCUT2D eigenvalue weighted by molar-refractivity contribution is 0.0696. The van der Waals surface area contributed by atoms with Crippen molar-refractivity contribution >= 4 is 11.3 Å². The van der Waals surface area contributed by atoms with Crippen molar-refractivity contribution in [2.24, 2.45) is 11.8 Å². The summed E-state index contributed by atoms with van der Waals surface area (Å²) in [7, 11) is 0. The number of thiazole rings is 1. The first-order chi connectivity index (χ1) is 10.9. The average Bonchev–Trinajstić information content (AvgIpc) is 3.06. The first-order valence-electron chi connectivity index (χ1n) is 8.06. The minimum Gasteiger partial charge on any atom is -0.381 e. The number of fused-ring (bicyclic) bond motifs is 1. The highest BCUT2D eigenvalue weighted by molar-refractivity contribution is 7.09. The van der Waals surface area contributed by atoms with Gasteiger partial charge in [-0.1, -0.05) is 0 Å². The van der Waals surface area contributed by atoms with Crippen molar-refractivity contribution < 1.29 is 4.74 Å².